The molecule has 21 heavy (non-hydrogen) atoms. The minimum Gasteiger partial charge on any atom is -0.385 e. The Bertz CT molecular complexity index is 581. The summed E-state index contributed by atoms with van der Waals surface area (Å²) in [6.45, 7) is 5.98. The zero-order valence-electron chi connectivity index (χ0n) is 13.1. The molecule has 1 heterocycles. The van der Waals surface area contributed by atoms with Crippen molar-refractivity contribution in [3.63, 3.8) is 0 Å². The molecule has 118 valence electrons. The summed E-state index contributed by atoms with van der Waals surface area (Å²) in [4.78, 5) is 0.489. The molecule has 1 atom stereocenters. The van der Waals surface area contributed by atoms with Gasteiger partial charge in [-0.1, -0.05) is 32.0 Å². The summed E-state index contributed by atoms with van der Waals surface area (Å²) in [6, 6.07) is 7.46. The topological polar surface area (TPSA) is 55.4 Å². The van der Waals surface area contributed by atoms with Gasteiger partial charge in [-0.3, -0.25) is 0 Å². The Morgan fingerprint density at radius 1 is 1.33 bits per heavy atom. The molecule has 1 aromatic carbocycles. The number of hydrogen-bond donors (Lipinski definition) is 1. The van der Waals surface area contributed by atoms with Crippen LogP contribution in [0, 0.1) is 5.41 Å². The zero-order valence-corrected chi connectivity index (χ0v) is 13.9. The highest BCUT2D eigenvalue weighted by molar-refractivity contribution is 7.91. The number of nitrogens with one attached hydrogen (secondary N) is 1. The molecule has 0 aliphatic carbocycles. The highest BCUT2D eigenvalue weighted by Crippen LogP contribution is 2.32. The van der Waals surface area contributed by atoms with E-state index in [1.165, 1.54) is 0 Å². The Hall–Kier alpha value is -0.910. The number of rotatable bonds is 6. The second-order valence-corrected chi connectivity index (χ2v) is 8.56. The minimum absolute atomic E-state index is 0.117. The maximum atomic E-state index is 12.1. The third-order valence-corrected chi connectivity index (χ3v) is 5.93. The Balaban J connectivity index is 2.09. The Morgan fingerprint density at radius 3 is 2.76 bits per heavy atom. The molecule has 1 aromatic rings. The van der Waals surface area contributed by atoms with Crippen LogP contribution in [-0.2, 0) is 14.6 Å². The van der Waals surface area contributed by atoms with Gasteiger partial charge in [0, 0.05) is 26.3 Å². The van der Waals surface area contributed by atoms with Crippen molar-refractivity contribution in [3.8, 4) is 0 Å². The summed E-state index contributed by atoms with van der Waals surface area (Å²) < 4.78 is 29.4. The number of sulfone groups is 1. The van der Waals surface area contributed by atoms with Crippen LogP contribution in [0.2, 0.25) is 0 Å². The van der Waals surface area contributed by atoms with Crippen molar-refractivity contribution < 1.29 is 13.2 Å². The summed E-state index contributed by atoms with van der Waals surface area (Å²) in [5.41, 5.74) is 1.03. The van der Waals surface area contributed by atoms with Gasteiger partial charge in [-0.15, -0.1) is 0 Å². The largest absolute Gasteiger partial charge is 0.385 e. The van der Waals surface area contributed by atoms with Crippen LogP contribution in [0.5, 0.6) is 0 Å². The third kappa shape index (κ3) is 4.05. The standard InChI is InChI=1S/C16H25NO3S/c1-16(2,9-10-20-3)12-17-14-8-11-21(18,19)15-7-5-4-6-13(14)15/h4-7,14,17H,8-12H2,1-3H3. The number of ether oxygens (including phenoxy) is 1. The summed E-state index contributed by atoms with van der Waals surface area (Å²) in [6.07, 6.45) is 1.61. The molecule has 0 fully saturated rings. The maximum Gasteiger partial charge on any atom is 0.178 e. The normalized spacial score (nSPS) is 21.0. The third-order valence-electron chi connectivity index (χ3n) is 4.11. The Kier molecular flexibility index (Phi) is 5.07. The van der Waals surface area contributed by atoms with E-state index in [0.29, 0.717) is 11.3 Å². The molecule has 0 saturated carbocycles. The summed E-state index contributed by atoms with van der Waals surface area (Å²) in [7, 11) is -1.39. The summed E-state index contributed by atoms with van der Waals surface area (Å²) in [5.74, 6) is 0.222. The molecule has 4 nitrogen and oxygen atoms in total. The van der Waals surface area contributed by atoms with Crippen LogP contribution in [0.25, 0.3) is 0 Å². The number of hydrogen-bond acceptors (Lipinski definition) is 4. The Morgan fingerprint density at radius 2 is 2.05 bits per heavy atom. The van der Waals surface area contributed by atoms with E-state index in [1.54, 1.807) is 19.2 Å². The van der Waals surface area contributed by atoms with Gasteiger partial charge >= 0.3 is 0 Å². The zero-order chi connectivity index (χ0) is 15.5. The van der Waals surface area contributed by atoms with Crippen molar-refractivity contribution in [1.29, 1.82) is 0 Å². The van der Waals surface area contributed by atoms with E-state index < -0.39 is 9.84 Å². The highest BCUT2D eigenvalue weighted by Gasteiger charge is 2.30. The van der Waals surface area contributed by atoms with Crippen LogP contribution in [-0.4, -0.2) is 34.4 Å². The summed E-state index contributed by atoms with van der Waals surface area (Å²) >= 11 is 0. The first-order chi connectivity index (χ1) is 9.86. The van der Waals surface area contributed by atoms with Crippen molar-refractivity contribution in [2.24, 2.45) is 5.41 Å². The molecule has 1 unspecified atom stereocenters. The fraction of sp³-hybridized carbons (Fsp3) is 0.625. The predicted molar refractivity (Wildman–Crippen MR) is 84.1 cm³/mol. The van der Waals surface area contributed by atoms with Gasteiger partial charge in [-0.25, -0.2) is 8.42 Å². The lowest BCUT2D eigenvalue weighted by Crippen LogP contribution is -2.36. The Labute approximate surface area is 127 Å². The summed E-state index contributed by atoms with van der Waals surface area (Å²) in [5, 5.41) is 3.54. The van der Waals surface area contributed by atoms with E-state index in [2.05, 4.69) is 19.2 Å². The molecule has 5 heteroatoms. The maximum absolute atomic E-state index is 12.1. The minimum atomic E-state index is -3.10. The van der Waals surface area contributed by atoms with Gasteiger partial charge in [0.2, 0.25) is 0 Å². The van der Waals surface area contributed by atoms with E-state index in [0.717, 1.165) is 25.1 Å². The molecule has 0 aromatic heterocycles. The van der Waals surface area contributed by atoms with Crippen LogP contribution in [0.1, 0.15) is 38.3 Å². The predicted octanol–water partition coefficient (Wildman–Crippen LogP) is 2.56. The van der Waals surface area contributed by atoms with Crippen LogP contribution in [0.15, 0.2) is 29.2 Å². The van der Waals surface area contributed by atoms with Crippen LogP contribution < -0.4 is 5.32 Å². The molecule has 0 bridgehead atoms. The fourth-order valence-corrected chi connectivity index (χ4v) is 4.29. The molecular formula is C16H25NO3S. The molecular weight excluding hydrogens is 286 g/mol. The van der Waals surface area contributed by atoms with Gasteiger partial charge in [0.05, 0.1) is 10.6 Å². The highest BCUT2D eigenvalue weighted by atomic mass is 32.2. The molecule has 1 N–H and O–H groups in total. The lowest BCUT2D eigenvalue weighted by atomic mass is 9.89. The van der Waals surface area contributed by atoms with Crippen molar-refractivity contribution in [2.45, 2.75) is 37.6 Å². The molecule has 1 aliphatic rings. The lowest BCUT2D eigenvalue weighted by Gasteiger charge is -2.31. The average Bonchev–Trinajstić information content (AvgIpc) is 2.45. The van der Waals surface area contributed by atoms with Crippen molar-refractivity contribution in [3.05, 3.63) is 29.8 Å². The SMILES string of the molecule is COCCC(C)(C)CNC1CCS(=O)(=O)c2ccccc21. The first-order valence-corrected chi connectivity index (χ1v) is 9.05. The van der Waals surface area contributed by atoms with Gasteiger partial charge < -0.3 is 10.1 Å². The van der Waals surface area contributed by atoms with Crippen molar-refractivity contribution in [2.75, 3.05) is 26.0 Å². The molecule has 2 rings (SSSR count). The van der Waals surface area contributed by atoms with E-state index in [1.807, 2.05) is 12.1 Å². The van der Waals surface area contributed by atoms with Gasteiger partial charge in [-0.2, -0.15) is 0 Å². The smallest absolute Gasteiger partial charge is 0.178 e. The number of methoxy groups -OCH3 is 1. The molecule has 0 radical (unpaired) electrons. The van der Waals surface area contributed by atoms with E-state index in [9.17, 15) is 8.42 Å². The first-order valence-electron chi connectivity index (χ1n) is 7.40. The van der Waals surface area contributed by atoms with E-state index >= 15 is 0 Å². The van der Waals surface area contributed by atoms with Crippen LogP contribution >= 0.6 is 0 Å². The van der Waals surface area contributed by atoms with E-state index in [4.69, 9.17) is 4.74 Å². The number of fused-ring (bicyclic) bond motifs is 1. The van der Waals surface area contributed by atoms with Gasteiger partial charge in [0.15, 0.2) is 9.84 Å². The average molecular weight is 311 g/mol. The van der Waals surface area contributed by atoms with Gasteiger partial charge in [0.25, 0.3) is 0 Å². The molecule has 1 aliphatic heterocycles. The van der Waals surface area contributed by atoms with Gasteiger partial charge in [0.1, 0.15) is 0 Å². The lowest BCUT2D eigenvalue weighted by molar-refractivity contribution is 0.148. The van der Waals surface area contributed by atoms with E-state index in [-0.39, 0.29) is 17.2 Å². The number of benzene rings is 1. The fourth-order valence-electron chi connectivity index (χ4n) is 2.67. The quantitative estimate of drug-likeness (QED) is 0.877. The second kappa shape index (κ2) is 6.46. The second-order valence-electron chi connectivity index (χ2n) is 6.49. The monoisotopic (exact) mass is 311 g/mol. The molecule has 0 amide bonds. The van der Waals surface area contributed by atoms with Crippen molar-refractivity contribution >= 4 is 9.84 Å². The molecule has 0 saturated heterocycles. The van der Waals surface area contributed by atoms with Gasteiger partial charge in [-0.05, 0) is 29.9 Å². The van der Waals surface area contributed by atoms with Crippen molar-refractivity contribution in [1.82, 2.24) is 5.32 Å². The molecule has 0 spiro atoms. The first kappa shape index (κ1) is 16.5. The van der Waals surface area contributed by atoms with Crippen LogP contribution in [0.3, 0.4) is 0 Å². The van der Waals surface area contributed by atoms with Crippen LogP contribution in [0.4, 0.5) is 0 Å².